The Bertz CT molecular complexity index is 1190. The molecule has 0 unspecified atom stereocenters. The number of carbonyl (C=O) groups excluding carboxylic acids is 2. The largest absolute Gasteiger partial charge is 0.445 e. The van der Waals surface area contributed by atoms with E-state index >= 15 is 0 Å². The number of hydrogen-bond donors (Lipinski definition) is 1. The molecule has 1 fully saturated rings. The molecule has 0 saturated carbocycles. The highest BCUT2D eigenvalue weighted by molar-refractivity contribution is 5.69. The molecule has 4 rings (SSSR count). The maximum absolute atomic E-state index is 12.7. The van der Waals surface area contributed by atoms with Gasteiger partial charge in [-0.2, -0.15) is 5.10 Å². The topological polar surface area (TPSA) is 85.7 Å². The first-order valence-corrected chi connectivity index (χ1v) is 14.4. The van der Waals surface area contributed by atoms with Crippen molar-refractivity contribution in [2.45, 2.75) is 77.7 Å². The molecule has 1 aromatic heterocycles. The molecule has 2 aliphatic rings. The highest BCUT2D eigenvalue weighted by Crippen LogP contribution is 2.37. The number of piperidine rings is 1. The molecule has 1 aromatic carbocycles. The van der Waals surface area contributed by atoms with Gasteiger partial charge >= 0.3 is 12.2 Å². The van der Waals surface area contributed by atoms with Crippen LogP contribution < -0.4 is 5.32 Å². The number of amides is 2. The van der Waals surface area contributed by atoms with Gasteiger partial charge in [-0.25, -0.2) is 9.59 Å². The molecule has 0 atom stereocenters. The molecule has 1 saturated heterocycles. The maximum atomic E-state index is 12.7. The van der Waals surface area contributed by atoms with E-state index in [0.717, 1.165) is 35.1 Å². The monoisotopic (exact) mass is 552 g/mol. The Kier molecular flexibility index (Phi) is 11.0. The van der Waals surface area contributed by atoms with Crippen molar-refractivity contribution in [1.82, 2.24) is 20.0 Å². The number of nitrogens with zero attached hydrogens (tertiary/aromatic N) is 3. The van der Waals surface area contributed by atoms with Crippen LogP contribution in [0.15, 0.2) is 60.5 Å². The first-order valence-electron chi connectivity index (χ1n) is 14.4. The molecular weight excluding hydrogens is 504 g/mol. The number of alkyl carbamates (subject to hydrolysis) is 1. The summed E-state index contributed by atoms with van der Waals surface area (Å²) >= 11 is 0. The van der Waals surface area contributed by atoms with E-state index in [9.17, 15) is 9.59 Å². The van der Waals surface area contributed by atoms with Crippen molar-refractivity contribution in [2.75, 3.05) is 26.2 Å². The van der Waals surface area contributed by atoms with Gasteiger partial charge < -0.3 is 19.7 Å². The van der Waals surface area contributed by atoms with Gasteiger partial charge in [0.25, 0.3) is 0 Å². The minimum atomic E-state index is -0.544. The van der Waals surface area contributed by atoms with E-state index < -0.39 is 11.7 Å². The molecule has 1 aliphatic heterocycles. The van der Waals surface area contributed by atoms with Gasteiger partial charge in [-0.05, 0) is 63.2 Å². The number of likely N-dealkylation sites (tertiary alicyclic amines) is 1. The number of carbonyl (C=O) groups is 2. The van der Waals surface area contributed by atoms with Crippen LogP contribution in [0, 0.1) is 0 Å². The van der Waals surface area contributed by atoms with Crippen molar-refractivity contribution in [3.05, 3.63) is 66.0 Å². The number of rotatable bonds is 6. The lowest BCUT2D eigenvalue weighted by Gasteiger charge is -2.42. The summed E-state index contributed by atoms with van der Waals surface area (Å²) < 4.78 is 12.9. The maximum Gasteiger partial charge on any atom is 0.410 e. The number of allylic oxidation sites excluding steroid dienone is 2. The van der Waals surface area contributed by atoms with E-state index in [1.165, 1.54) is 6.42 Å². The highest BCUT2D eigenvalue weighted by Gasteiger charge is 2.39. The normalized spacial score (nSPS) is 16.4. The summed E-state index contributed by atoms with van der Waals surface area (Å²) in [5, 5.41) is 7.32. The lowest BCUT2D eigenvalue weighted by Crippen LogP contribution is -2.51. The van der Waals surface area contributed by atoms with Gasteiger partial charge in [-0.1, -0.05) is 62.8 Å². The Balaban J connectivity index is 0.00000141. The SMILES string of the molecule is CCC.Cn1cc(-c2cccc(C3(CNC(=O)OCC4=CCCC=C4)CCN(C(=O)OC(C)(C)C)CC3)c2)cn1.[HH]. The van der Waals surface area contributed by atoms with Gasteiger partial charge in [0.1, 0.15) is 12.2 Å². The van der Waals surface area contributed by atoms with E-state index in [0.29, 0.717) is 32.5 Å². The number of aryl methyl sites for hydroxylation is 1. The zero-order valence-electron chi connectivity index (χ0n) is 25.0. The Morgan fingerprint density at radius 1 is 1.12 bits per heavy atom. The average molecular weight is 553 g/mol. The van der Waals surface area contributed by atoms with Crippen molar-refractivity contribution in [3.8, 4) is 11.1 Å². The second-order valence-electron chi connectivity index (χ2n) is 11.6. The third kappa shape index (κ3) is 9.00. The van der Waals surface area contributed by atoms with Gasteiger partial charge in [0, 0.05) is 45.3 Å². The minimum Gasteiger partial charge on any atom is -0.445 e. The standard InChI is InChI=1S/C29H38N4O4.C3H8.H2/c1-28(2,3)37-27(35)33-15-13-29(14-16-33,21-30-26(34)36-20-22-9-6-5-7-10-22)25-12-8-11-23(17-25)24-18-31-32(4)19-24;1-3-2;/h6,8-12,17-19H,5,7,13-16,20-21H2,1-4H3,(H,30,34);3H2,1-2H3;1H. The van der Waals surface area contributed by atoms with Crippen LogP contribution in [0.3, 0.4) is 0 Å². The van der Waals surface area contributed by atoms with Gasteiger partial charge in [-0.3, -0.25) is 4.68 Å². The predicted octanol–water partition coefficient (Wildman–Crippen LogP) is 7.02. The lowest BCUT2D eigenvalue weighted by atomic mass is 9.72. The van der Waals surface area contributed by atoms with Crippen LogP contribution in [0.4, 0.5) is 9.59 Å². The third-order valence-corrected chi connectivity index (χ3v) is 6.90. The minimum absolute atomic E-state index is 0. The fourth-order valence-electron chi connectivity index (χ4n) is 4.83. The van der Waals surface area contributed by atoms with Crippen LogP contribution >= 0.6 is 0 Å². The highest BCUT2D eigenvalue weighted by atomic mass is 16.6. The third-order valence-electron chi connectivity index (χ3n) is 6.90. The van der Waals surface area contributed by atoms with Crippen LogP contribution in [-0.4, -0.2) is 58.7 Å². The van der Waals surface area contributed by atoms with Gasteiger partial charge in [0.15, 0.2) is 0 Å². The number of aromatic nitrogens is 2. The Morgan fingerprint density at radius 2 is 1.85 bits per heavy atom. The predicted molar refractivity (Wildman–Crippen MR) is 161 cm³/mol. The molecule has 220 valence electrons. The van der Waals surface area contributed by atoms with Crippen LogP contribution in [0.2, 0.25) is 0 Å². The summed E-state index contributed by atoms with van der Waals surface area (Å²) in [5.74, 6) is 0. The summed E-state index contributed by atoms with van der Waals surface area (Å²) in [5.41, 5.74) is 3.35. The van der Waals surface area contributed by atoms with Crippen LogP contribution in [0.1, 0.15) is 73.7 Å². The molecule has 2 aromatic rings. The second kappa shape index (κ2) is 14.2. The van der Waals surface area contributed by atoms with E-state index in [2.05, 4.69) is 54.6 Å². The first-order chi connectivity index (χ1) is 19.0. The van der Waals surface area contributed by atoms with E-state index in [4.69, 9.17) is 9.47 Å². The van der Waals surface area contributed by atoms with Crippen molar-refractivity contribution < 1.29 is 20.5 Å². The number of nitrogens with one attached hydrogen (secondary N) is 1. The average Bonchev–Trinajstić information content (AvgIpc) is 3.37. The number of benzene rings is 1. The van der Waals surface area contributed by atoms with Crippen LogP contribution in [0.25, 0.3) is 11.1 Å². The molecule has 2 heterocycles. The summed E-state index contributed by atoms with van der Waals surface area (Å²) in [6, 6.07) is 8.38. The Morgan fingerprint density at radius 3 is 2.45 bits per heavy atom. The molecular formula is C32H48N4O4. The van der Waals surface area contributed by atoms with Crippen molar-refractivity contribution >= 4 is 12.2 Å². The second-order valence-corrected chi connectivity index (χ2v) is 11.6. The Hall–Kier alpha value is -3.55. The molecule has 0 bridgehead atoms. The van der Waals surface area contributed by atoms with E-state index in [1.54, 1.807) is 9.58 Å². The van der Waals surface area contributed by atoms with Gasteiger partial charge in [0.05, 0.1) is 6.20 Å². The number of hydrogen-bond acceptors (Lipinski definition) is 5. The fourth-order valence-corrected chi connectivity index (χ4v) is 4.83. The van der Waals surface area contributed by atoms with Crippen molar-refractivity contribution in [1.29, 1.82) is 0 Å². The molecule has 1 N–H and O–H groups in total. The molecule has 8 heteroatoms. The molecule has 0 spiro atoms. The van der Waals surface area contributed by atoms with Crippen LogP contribution in [0.5, 0.6) is 0 Å². The van der Waals surface area contributed by atoms with E-state index in [1.807, 2.05) is 52.4 Å². The fraction of sp³-hybridized carbons (Fsp3) is 0.531. The molecule has 2 amide bonds. The summed E-state index contributed by atoms with van der Waals surface area (Å²) in [7, 11) is 1.90. The molecule has 40 heavy (non-hydrogen) atoms. The van der Waals surface area contributed by atoms with Crippen molar-refractivity contribution in [3.63, 3.8) is 0 Å². The van der Waals surface area contributed by atoms with Gasteiger partial charge in [0.2, 0.25) is 0 Å². The van der Waals surface area contributed by atoms with Crippen LogP contribution in [-0.2, 0) is 21.9 Å². The summed E-state index contributed by atoms with van der Waals surface area (Å²) in [4.78, 5) is 27.1. The summed E-state index contributed by atoms with van der Waals surface area (Å²) in [6.45, 7) is 11.6. The van der Waals surface area contributed by atoms with Gasteiger partial charge in [-0.15, -0.1) is 0 Å². The molecule has 0 radical (unpaired) electrons. The zero-order chi connectivity index (χ0) is 29.2. The lowest BCUT2D eigenvalue weighted by molar-refractivity contribution is 0.0162. The summed E-state index contributed by atoms with van der Waals surface area (Å²) in [6.07, 6.45) is 13.9. The van der Waals surface area contributed by atoms with E-state index in [-0.39, 0.29) is 19.5 Å². The quantitative estimate of drug-likeness (QED) is 0.416. The Labute approximate surface area is 240 Å². The zero-order valence-corrected chi connectivity index (χ0v) is 25.0. The molecule has 1 aliphatic carbocycles. The molecule has 8 nitrogen and oxygen atoms in total. The van der Waals surface area contributed by atoms with Crippen molar-refractivity contribution in [2.24, 2.45) is 7.05 Å². The first kappa shape index (κ1) is 31.0. The number of ether oxygens (including phenoxy) is 2. The smallest absolute Gasteiger partial charge is 0.410 e.